The number of carbonyl (C=O) groups excluding carboxylic acids is 1. The number of pyridine rings is 1. The Morgan fingerprint density at radius 2 is 1.54 bits per heavy atom. The van der Waals surface area contributed by atoms with Crippen LogP contribution in [0.3, 0.4) is 0 Å². The third kappa shape index (κ3) is 3.51. The minimum atomic E-state index is 0.126. The van der Waals surface area contributed by atoms with Crippen LogP contribution in [0, 0.1) is 0 Å². The van der Waals surface area contributed by atoms with Crippen molar-refractivity contribution in [1.82, 2.24) is 9.88 Å². The van der Waals surface area contributed by atoms with Gasteiger partial charge in [-0.05, 0) is 24.3 Å². The van der Waals surface area contributed by atoms with E-state index in [0.29, 0.717) is 13.2 Å². The van der Waals surface area contributed by atoms with Crippen molar-refractivity contribution in [2.45, 2.75) is 0 Å². The molecule has 1 amide bonds. The zero-order valence-corrected chi connectivity index (χ0v) is 14.9. The van der Waals surface area contributed by atoms with Crippen molar-refractivity contribution in [1.29, 1.82) is 0 Å². The monoisotopic (exact) mass is 352 g/mol. The summed E-state index contributed by atoms with van der Waals surface area (Å²) in [5.41, 5.74) is 2.99. The van der Waals surface area contributed by atoms with Crippen molar-refractivity contribution in [3.8, 4) is 0 Å². The molecule has 0 N–H and O–H groups in total. The number of anilines is 2. The van der Waals surface area contributed by atoms with Crippen LogP contribution < -0.4 is 9.80 Å². The van der Waals surface area contributed by atoms with Gasteiger partial charge in [-0.3, -0.25) is 9.78 Å². The normalized spacial score (nSPS) is 18.1. The number of amides is 1. The predicted octanol–water partition coefficient (Wildman–Crippen LogP) is 1.88. The Kier molecular flexibility index (Phi) is 5.02. The zero-order valence-electron chi connectivity index (χ0n) is 14.9. The lowest BCUT2D eigenvalue weighted by Crippen LogP contribution is -2.49. The van der Waals surface area contributed by atoms with E-state index in [1.807, 2.05) is 53.7 Å². The molecule has 0 spiro atoms. The Morgan fingerprint density at radius 1 is 0.846 bits per heavy atom. The summed E-state index contributed by atoms with van der Waals surface area (Å²) in [7, 11) is 0. The lowest BCUT2D eigenvalue weighted by atomic mass is 10.1. The van der Waals surface area contributed by atoms with Gasteiger partial charge in [-0.1, -0.05) is 12.1 Å². The van der Waals surface area contributed by atoms with E-state index in [-0.39, 0.29) is 5.91 Å². The van der Waals surface area contributed by atoms with Gasteiger partial charge in [-0.2, -0.15) is 0 Å². The molecule has 0 unspecified atom stereocenters. The fourth-order valence-corrected chi connectivity index (χ4v) is 3.63. The van der Waals surface area contributed by atoms with Crippen LogP contribution >= 0.6 is 0 Å². The van der Waals surface area contributed by atoms with Gasteiger partial charge in [-0.15, -0.1) is 0 Å². The lowest BCUT2D eigenvalue weighted by Gasteiger charge is -2.37. The molecule has 1 aromatic heterocycles. The van der Waals surface area contributed by atoms with Gasteiger partial charge < -0.3 is 19.4 Å². The smallest absolute Gasteiger partial charge is 0.256 e. The van der Waals surface area contributed by atoms with Gasteiger partial charge in [0, 0.05) is 63.0 Å². The maximum Gasteiger partial charge on any atom is 0.256 e. The van der Waals surface area contributed by atoms with E-state index in [1.54, 1.807) is 0 Å². The predicted molar refractivity (Wildman–Crippen MR) is 102 cm³/mol. The van der Waals surface area contributed by atoms with E-state index in [4.69, 9.17) is 4.74 Å². The largest absolute Gasteiger partial charge is 0.378 e. The van der Waals surface area contributed by atoms with Crippen molar-refractivity contribution >= 4 is 17.3 Å². The first kappa shape index (κ1) is 16.8. The summed E-state index contributed by atoms with van der Waals surface area (Å²) in [5.74, 6) is 0.126. The average Bonchev–Trinajstić information content (AvgIpc) is 2.75. The van der Waals surface area contributed by atoms with Crippen LogP contribution in [0.15, 0.2) is 48.8 Å². The molecule has 0 atom stereocenters. The molecule has 4 rings (SSSR count). The van der Waals surface area contributed by atoms with E-state index in [1.165, 1.54) is 5.69 Å². The molecular weight excluding hydrogens is 328 g/mol. The number of ether oxygens (including phenoxy) is 1. The third-order valence-electron chi connectivity index (χ3n) is 5.08. The Morgan fingerprint density at radius 3 is 2.27 bits per heavy atom. The van der Waals surface area contributed by atoms with Crippen LogP contribution in [0.5, 0.6) is 0 Å². The van der Waals surface area contributed by atoms with E-state index in [9.17, 15) is 4.79 Å². The van der Waals surface area contributed by atoms with Crippen molar-refractivity contribution in [2.75, 3.05) is 62.3 Å². The topological polar surface area (TPSA) is 48.9 Å². The van der Waals surface area contributed by atoms with Crippen molar-refractivity contribution in [3.63, 3.8) is 0 Å². The summed E-state index contributed by atoms with van der Waals surface area (Å²) in [6.45, 7) is 6.25. The Bertz CT molecular complexity index is 738. The number of hydrogen-bond donors (Lipinski definition) is 0. The van der Waals surface area contributed by atoms with Gasteiger partial charge in [0.1, 0.15) is 0 Å². The summed E-state index contributed by atoms with van der Waals surface area (Å²) in [6, 6.07) is 12.0. The van der Waals surface area contributed by atoms with Crippen molar-refractivity contribution in [2.24, 2.45) is 0 Å². The SMILES string of the molecule is O=C(c1ccccc1N1CCOCC1)N1CCN(c2ccncc2)CC1. The molecule has 1 aromatic carbocycles. The summed E-state index contributed by atoms with van der Waals surface area (Å²) < 4.78 is 5.44. The number of aromatic nitrogens is 1. The molecule has 2 aliphatic rings. The molecule has 0 radical (unpaired) electrons. The van der Waals surface area contributed by atoms with E-state index >= 15 is 0 Å². The molecule has 6 nitrogen and oxygen atoms in total. The first-order chi connectivity index (χ1) is 12.8. The van der Waals surface area contributed by atoms with Gasteiger partial charge in [-0.25, -0.2) is 0 Å². The first-order valence-electron chi connectivity index (χ1n) is 9.19. The van der Waals surface area contributed by atoms with Crippen LogP contribution in [0.25, 0.3) is 0 Å². The Labute approximate surface area is 154 Å². The molecular formula is C20H24N4O2. The second-order valence-corrected chi connectivity index (χ2v) is 6.60. The molecule has 0 saturated carbocycles. The van der Waals surface area contributed by atoms with Gasteiger partial charge >= 0.3 is 0 Å². The van der Waals surface area contributed by atoms with Crippen molar-refractivity contribution < 1.29 is 9.53 Å². The van der Waals surface area contributed by atoms with E-state index < -0.39 is 0 Å². The Hall–Kier alpha value is -2.60. The molecule has 3 heterocycles. The fraction of sp³-hybridized carbons (Fsp3) is 0.400. The number of nitrogens with zero attached hydrogens (tertiary/aromatic N) is 4. The van der Waals surface area contributed by atoms with E-state index in [2.05, 4.69) is 14.8 Å². The number of carbonyl (C=O) groups is 1. The molecule has 26 heavy (non-hydrogen) atoms. The third-order valence-corrected chi connectivity index (χ3v) is 5.08. The molecule has 0 bridgehead atoms. The van der Waals surface area contributed by atoms with Gasteiger partial charge in [0.05, 0.1) is 18.8 Å². The molecule has 136 valence electrons. The number of piperazine rings is 1. The summed E-state index contributed by atoms with van der Waals surface area (Å²) in [6.07, 6.45) is 3.62. The zero-order chi connectivity index (χ0) is 17.8. The highest BCUT2D eigenvalue weighted by atomic mass is 16.5. The molecule has 2 aromatic rings. The number of hydrogen-bond acceptors (Lipinski definition) is 5. The minimum absolute atomic E-state index is 0.126. The van der Waals surface area contributed by atoms with Crippen LogP contribution in [0.2, 0.25) is 0 Å². The highest BCUT2D eigenvalue weighted by molar-refractivity contribution is 6.00. The average molecular weight is 352 g/mol. The molecule has 0 aliphatic carbocycles. The maximum atomic E-state index is 13.1. The molecule has 2 aliphatic heterocycles. The first-order valence-corrected chi connectivity index (χ1v) is 9.19. The van der Waals surface area contributed by atoms with Crippen LogP contribution in [0.4, 0.5) is 11.4 Å². The van der Waals surface area contributed by atoms with Gasteiger partial charge in [0.2, 0.25) is 0 Å². The summed E-state index contributed by atoms with van der Waals surface area (Å²) in [4.78, 5) is 23.7. The van der Waals surface area contributed by atoms with Crippen LogP contribution in [-0.4, -0.2) is 68.3 Å². The maximum absolute atomic E-state index is 13.1. The minimum Gasteiger partial charge on any atom is -0.378 e. The van der Waals surface area contributed by atoms with Crippen LogP contribution in [0.1, 0.15) is 10.4 Å². The Balaban J connectivity index is 1.46. The quantitative estimate of drug-likeness (QED) is 0.844. The molecule has 2 saturated heterocycles. The molecule has 2 fully saturated rings. The number of benzene rings is 1. The number of morpholine rings is 1. The fourth-order valence-electron chi connectivity index (χ4n) is 3.63. The highest BCUT2D eigenvalue weighted by Gasteiger charge is 2.25. The summed E-state index contributed by atoms with van der Waals surface area (Å²) in [5, 5.41) is 0. The van der Waals surface area contributed by atoms with Gasteiger partial charge in [0.15, 0.2) is 0 Å². The standard InChI is InChI=1S/C20H24N4O2/c25-20(18-3-1-2-4-19(18)23-13-15-26-16-14-23)24-11-9-22(10-12-24)17-5-7-21-8-6-17/h1-8H,9-16H2. The van der Waals surface area contributed by atoms with E-state index in [0.717, 1.165) is 50.5 Å². The van der Waals surface area contributed by atoms with Gasteiger partial charge in [0.25, 0.3) is 5.91 Å². The highest BCUT2D eigenvalue weighted by Crippen LogP contribution is 2.24. The van der Waals surface area contributed by atoms with Crippen molar-refractivity contribution in [3.05, 3.63) is 54.4 Å². The summed E-state index contributed by atoms with van der Waals surface area (Å²) >= 11 is 0. The molecule has 6 heteroatoms. The second kappa shape index (κ2) is 7.74. The lowest BCUT2D eigenvalue weighted by molar-refractivity contribution is 0.0746. The second-order valence-electron chi connectivity index (χ2n) is 6.60. The number of rotatable bonds is 3. The number of para-hydroxylation sites is 1. The van der Waals surface area contributed by atoms with Crippen LogP contribution in [-0.2, 0) is 4.74 Å².